The molecule has 1 heteroatoms. The molecule has 4 atom stereocenters. The van der Waals surface area contributed by atoms with E-state index < -0.39 is 0 Å². The first-order valence-electron chi connectivity index (χ1n) is 6.98. The number of Topliss-reactive ketones (excluding diaryl/α,β-unsaturated/α-hetero) is 1. The molecule has 0 amide bonds. The monoisotopic (exact) mass is 222 g/mol. The quantitative estimate of drug-likeness (QED) is 0.654. The Morgan fingerprint density at radius 2 is 2.00 bits per heavy atom. The molecular weight excluding hydrogens is 196 g/mol. The molecule has 0 aliphatic heterocycles. The molecule has 2 saturated carbocycles. The third kappa shape index (κ3) is 1.83. The molecule has 0 radical (unpaired) electrons. The van der Waals surface area contributed by atoms with Gasteiger partial charge in [0.2, 0.25) is 0 Å². The van der Waals surface area contributed by atoms with Gasteiger partial charge in [0, 0.05) is 12.3 Å². The van der Waals surface area contributed by atoms with Crippen molar-refractivity contribution in [2.75, 3.05) is 0 Å². The number of carbonyl (C=O) groups excluding carboxylic acids is 1. The van der Waals surface area contributed by atoms with Gasteiger partial charge in [-0.05, 0) is 36.0 Å². The van der Waals surface area contributed by atoms with Crippen molar-refractivity contribution in [2.24, 2.45) is 29.1 Å². The van der Waals surface area contributed by atoms with Crippen molar-refractivity contribution in [3.05, 3.63) is 0 Å². The second kappa shape index (κ2) is 4.16. The molecule has 0 unspecified atom stereocenters. The Labute approximate surface area is 100.0 Å². The van der Waals surface area contributed by atoms with Crippen LogP contribution in [0.5, 0.6) is 0 Å². The predicted molar refractivity (Wildman–Crippen MR) is 67.2 cm³/mol. The lowest BCUT2D eigenvalue weighted by molar-refractivity contribution is -0.139. The van der Waals surface area contributed by atoms with Crippen LogP contribution in [0.15, 0.2) is 0 Å². The Bertz CT molecular complexity index is 281. The van der Waals surface area contributed by atoms with Gasteiger partial charge in [0.25, 0.3) is 0 Å². The fraction of sp³-hybridized carbons (Fsp3) is 0.933. The summed E-state index contributed by atoms with van der Waals surface area (Å²) >= 11 is 0. The van der Waals surface area contributed by atoms with Crippen LogP contribution < -0.4 is 0 Å². The fourth-order valence-corrected chi connectivity index (χ4v) is 4.01. The lowest BCUT2D eigenvalue weighted by atomic mass is 9.52. The van der Waals surface area contributed by atoms with Gasteiger partial charge in [-0.25, -0.2) is 0 Å². The Morgan fingerprint density at radius 1 is 1.31 bits per heavy atom. The lowest BCUT2D eigenvalue weighted by Gasteiger charge is -2.51. The molecule has 2 aliphatic carbocycles. The molecule has 0 spiro atoms. The van der Waals surface area contributed by atoms with Gasteiger partial charge in [0.15, 0.2) is 0 Å². The van der Waals surface area contributed by atoms with Crippen LogP contribution in [-0.4, -0.2) is 5.78 Å². The first-order chi connectivity index (χ1) is 7.45. The molecule has 2 aliphatic rings. The van der Waals surface area contributed by atoms with Gasteiger partial charge in [-0.15, -0.1) is 0 Å². The van der Waals surface area contributed by atoms with E-state index in [1.54, 1.807) is 0 Å². The van der Waals surface area contributed by atoms with E-state index in [1.165, 1.54) is 19.3 Å². The topological polar surface area (TPSA) is 17.1 Å². The first-order valence-corrected chi connectivity index (χ1v) is 6.98. The maximum absolute atomic E-state index is 12.3. The normalized spacial score (nSPS) is 44.6. The molecule has 2 fully saturated rings. The Morgan fingerprint density at radius 3 is 2.62 bits per heavy atom. The molecule has 0 aromatic heterocycles. The Hall–Kier alpha value is -0.330. The van der Waals surface area contributed by atoms with Crippen LogP contribution in [0.3, 0.4) is 0 Å². The van der Waals surface area contributed by atoms with E-state index in [0.29, 0.717) is 29.0 Å². The molecular formula is C15H26O. The number of ketones is 1. The largest absolute Gasteiger partial charge is 0.299 e. The minimum absolute atomic E-state index is 0.308. The van der Waals surface area contributed by atoms with Gasteiger partial charge in [-0.1, -0.05) is 40.5 Å². The highest BCUT2D eigenvalue weighted by atomic mass is 16.1. The number of fused-ring (bicyclic) bond motifs is 1. The molecule has 0 aromatic rings. The second-order valence-electron chi connectivity index (χ2n) is 6.77. The number of hydrogen-bond acceptors (Lipinski definition) is 1. The summed E-state index contributed by atoms with van der Waals surface area (Å²) in [5.41, 5.74) is 0.308. The van der Waals surface area contributed by atoms with Crippen molar-refractivity contribution in [1.82, 2.24) is 0 Å². The fourth-order valence-electron chi connectivity index (χ4n) is 4.01. The summed E-state index contributed by atoms with van der Waals surface area (Å²) < 4.78 is 0. The zero-order valence-corrected chi connectivity index (χ0v) is 11.3. The van der Waals surface area contributed by atoms with Crippen molar-refractivity contribution < 1.29 is 4.79 Å². The van der Waals surface area contributed by atoms with Crippen LogP contribution in [0.4, 0.5) is 0 Å². The maximum atomic E-state index is 12.3. The standard InChI is InChI=1S/C15H26O/c1-10(2)12-8-14(16)13-7-5-6-11(3)15(13,4)9-12/h10-13H,5-9H2,1-4H3/t11-,12-,13-,15+/m0/s1. The molecule has 0 aromatic carbocycles. The van der Waals surface area contributed by atoms with Crippen LogP contribution >= 0.6 is 0 Å². The zero-order valence-electron chi connectivity index (χ0n) is 11.3. The first kappa shape index (κ1) is 12.1. The Kier molecular flexibility index (Phi) is 3.16. The van der Waals surface area contributed by atoms with E-state index in [2.05, 4.69) is 27.7 Å². The number of carbonyl (C=O) groups is 1. The van der Waals surface area contributed by atoms with E-state index >= 15 is 0 Å². The summed E-state index contributed by atoms with van der Waals surface area (Å²) in [4.78, 5) is 12.3. The summed E-state index contributed by atoms with van der Waals surface area (Å²) in [6, 6.07) is 0. The minimum atomic E-state index is 0.308. The van der Waals surface area contributed by atoms with Gasteiger partial charge >= 0.3 is 0 Å². The lowest BCUT2D eigenvalue weighted by Crippen LogP contribution is -2.48. The Balaban J connectivity index is 2.24. The second-order valence-corrected chi connectivity index (χ2v) is 6.77. The van der Waals surface area contributed by atoms with Crippen molar-refractivity contribution in [3.8, 4) is 0 Å². The third-order valence-corrected chi connectivity index (χ3v) is 5.55. The summed E-state index contributed by atoms with van der Waals surface area (Å²) in [5, 5.41) is 0. The average Bonchev–Trinajstić information content (AvgIpc) is 2.20. The van der Waals surface area contributed by atoms with Crippen LogP contribution in [-0.2, 0) is 4.79 Å². The van der Waals surface area contributed by atoms with Gasteiger partial charge in [0.1, 0.15) is 5.78 Å². The van der Waals surface area contributed by atoms with Gasteiger partial charge < -0.3 is 0 Å². The van der Waals surface area contributed by atoms with Gasteiger partial charge in [-0.3, -0.25) is 4.79 Å². The summed E-state index contributed by atoms with van der Waals surface area (Å²) in [7, 11) is 0. The smallest absolute Gasteiger partial charge is 0.136 e. The van der Waals surface area contributed by atoms with Crippen LogP contribution in [0.25, 0.3) is 0 Å². The predicted octanol–water partition coefficient (Wildman–Crippen LogP) is 4.06. The highest BCUT2D eigenvalue weighted by Crippen LogP contribution is 2.54. The average molecular weight is 222 g/mol. The summed E-state index contributed by atoms with van der Waals surface area (Å²) in [6.07, 6.45) is 5.88. The molecule has 1 nitrogen and oxygen atoms in total. The number of rotatable bonds is 1. The van der Waals surface area contributed by atoms with E-state index in [-0.39, 0.29) is 0 Å². The highest BCUT2D eigenvalue weighted by molar-refractivity contribution is 5.83. The third-order valence-electron chi connectivity index (χ3n) is 5.55. The van der Waals surface area contributed by atoms with E-state index in [4.69, 9.17) is 0 Å². The van der Waals surface area contributed by atoms with E-state index in [0.717, 1.165) is 18.8 Å². The van der Waals surface area contributed by atoms with Crippen LogP contribution in [0, 0.1) is 29.1 Å². The van der Waals surface area contributed by atoms with E-state index in [1.807, 2.05) is 0 Å². The van der Waals surface area contributed by atoms with E-state index in [9.17, 15) is 4.79 Å². The zero-order chi connectivity index (χ0) is 11.9. The van der Waals surface area contributed by atoms with Gasteiger partial charge in [0.05, 0.1) is 0 Å². The highest BCUT2D eigenvalue weighted by Gasteiger charge is 2.49. The summed E-state index contributed by atoms with van der Waals surface area (Å²) in [5.74, 6) is 2.98. The van der Waals surface area contributed by atoms with Crippen LogP contribution in [0.1, 0.15) is 59.8 Å². The number of hydrogen-bond donors (Lipinski definition) is 0. The molecule has 2 rings (SSSR count). The molecule has 16 heavy (non-hydrogen) atoms. The molecule has 0 bridgehead atoms. The van der Waals surface area contributed by atoms with Crippen molar-refractivity contribution in [1.29, 1.82) is 0 Å². The minimum Gasteiger partial charge on any atom is -0.299 e. The molecule has 0 saturated heterocycles. The maximum Gasteiger partial charge on any atom is 0.136 e. The van der Waals surface area contributed by atoms with Crippen molar-refractivity contribution in [3.63, 3.8) is 0 Å². The molecule has 92 valence electrons. The van der Waals surface area contributed by atoms with Gasteiger partial charge in [-0.2, -0.15) is 0 Å². The van der Waals surface area contributed by atoms with Crippen molar-refractivity contribution >= 4 is 5.78 Å². The SMILES string of the molecule is CC(C)[C@H]1CC(=O)[C@@H]2CCC[C@H](C)[C@@]2(C)C1. The molecule has 0 N–H and O–H groups in total. The van der Waals surface area contributed by atoms with Crippen LogP contribution in [0.2, 0.25) is 0 Å². The molecule has 0 heterocycles. The van der Waals surface area contributed by atoms with Crippen molar-refractivity contribution in [2.45, 2.75) is 59.8 Å². The summed E-state index contributed by atoms with van der Waals surface area (Å²) in [6.45, 7) is 9.29.